The minimum Gasteiger partial charge on any atom is -0.384 e. The van der Waals surface area contributed by atoms with Crippen molar-refractivity contribution in [3.05, 3.63) is 94.8 Å². The molecule has 0 atom stereocenters. The van der Waals surface area contributed by atoms with Crippen LogP contribution < -0.4 is 10.6 Å². The van der Waals surface area contributed by atoms with Crippen LogP contribution in [0.3, 0.4) is 0 Å². The number of amidine groups is 1. The van der Waals surface area contributed by atoms with E-state index in [0.29, 0.717) is 12.1 Å². The fourth-order valence-corrected chi connectivity index (χ4v) is 4.18. The molecule has 0 unspecified atom stereocenters. The maximum atomic E-state index is 13.1. The molecule has 3 aromatic carbocycles. The van der Waals surface area contributed by atoms with Gasteiger partial charge in [0.2, 0.25) is 0 Å². The molecule has 35 heavy (non-hydrogen) atoms. The first-order valence-corrected chi connectivity index (χ1v) is 11.6. The van der Waals surface area contributed by atoms with Gasteiger partial charge in [-0.3, -0.25) is 10.2 Å². The van der Waals surface area contributed by atoms with Gasteiger partial charge in [0, 0.05) is 58.0 Å². The van der Waals surface area contributed by atoms with E-state index in [-0.39, 0.29) is 11.7 Å². The van der Waals surface area contributed by atoms with E-state index in [2.05, 4.69) is 33.7 Å². The fraction of sp³-hybridized carbons (Fsp3) is 0.250. The lowest BCUT2D eigenvalue weighted by Crippen LogP contribution is -2.26. The van der Waals surface area contributed by atoms with Crippen LogP contribution in [0.5, 0.6) is 0 Å². The number of amides is 1. The number of aryl methyl sites for hydroxylation is 3. The summed E-state index contributed by atoms with van der Waals surface area (Å²) in [6.45, 7) is 0.542. The molecule has 0 spiro atoms. The zero-order valence-corrected chi connectivity index (χ0v) is 20.7. The number of nitrogens with zero attached hydrogens (tertiary/aromatic N) is 4. The zero-order chi connectivity index (χ0) is 25.1. The molecular weight excluding hydrogens is 436 g/mol. The Kier molecular flexibility index (Phi) is 6.87. The maximum absolute atomic E-state index is 13.1. The first-order valence-electron chi connectivity index (χ1n) is 11.6. The number of nitrogens with two attached hydrogens (primary N) is 1. The molecule has 7 nitrogen and oxygen atoms in total. The molecule has 0 aliphatic carbocycles. The van der Waals surface area contributed by atoms with Crippen LogP contribution in [0.25, 0.3) is 11.0 Å². The first-order chi connectivity index (χ1) is 16.7. The second-order valence-electron chi connectivity index (χ2n) is 9.12. The van der Waals surface area contributed by atoms with Gasteiger partial charge >= 0.3 is 0 Å². The van der Waals surface area contributed by atoms with Gasteiger partial charge in [-0.05, 0) is 47.9 Å². The van der Waals surface area contributed by atoms with Crippen molar-refractivity contribution in [3.63, 3.8) is 0 Å². The van der Waals surface area contributed by atoms with Gasteiger partial charge in [-0.2, -0.15) is 0 Å². The highest BCUT2D eigenvalue weighted by atomic mass is 16.2. The smallest absolute Gasteiger partial charge is 0.253 e. The number of carbonyl (C=O) groups is 1. The third-order valence-corrected chi connectivity index (χ3v) is 6.34. The number of hydrogen-bond donors (Lipinski definition) is 2. The Balaban J connectivity index is 1.45. The average molecular weight is 469 g/mol. The molecule has 0 fully saturated rings. The minimum absolute atomic E-state index is 0.0265. The van der Waals surface area contributed by atoms with E-state index in [4.69, 9.17) is 16.1 Å². The molecule has 1 aromatic heterocycles. The second kappa shape index (κ2) is 10.0. The number of benzene rings is 3. The van der Waals surface area contributed by atoms with E-state index in [1.165, 1.54) is 0 Å². The number of nitrogen functional groups attached to an aromatic ring is 1. The molecule has 4 aromatic rings. The Bertz CT molecular complexity index is 1350. The van der Waals surface area contributed by atoms with Gasteiger partial charge in [0.15, 0.2) is 0 Å². The standard InChI is InChI=1S/C28H32N6O/c1-32(2)23-13-7-20(8-14-23)18-33(3)28(35)22-12-15-25-24(17-22)31-26(34(25)4)16-9-19-5-10-21(11-6-19)27(29)30/h5-8,10-15,17H,9,16,18H2,1-4H3,(H3,29,30). The Hall–Kier alpha value is -4.13. The Morgan fingerprint density at radius 3 is 2.17 bits per heavy atom. The first kappa shape index (κ1) is 24.0. The Morgan fingerprint density at radius 2 is 1.54 bits per heavy atom. The molecule has 0 radical (unpaired) electrons. The van der Waals surface area contributed by atoms with Crippen molar-refractivity contribution in [1.29, 1.82) is 5.41 Å². The molecule has 0 saturated heterocycles. The predicted molar refractivity (Wildman–Crippen MR) is 142 cm³/mol. The van der Waals surface area contributed by atoms with Gasteiger partial charge in [0.05, 0.1) is 11.0 Å². The van der Waals surface area contributed by atoms with E-state index < -0.39 is 0 Å². The van der Waals surface area contributed by atoms with Gasteiger partial charge in [-0.1, -0.05) is 36.4 Å². The normalized spacial score (nSPS) is 11.0. The molecule has 0 bridgehead atoms. The second-order valence-corrected chi connectivity index (χ2v) is 9.12. The molecule has 3 N–H and O–H groups in total. The molecule has 0 saturated carbocycles. The van der Waals surface area contributed by atoms with E-state index in [1.54, 1.807) is 4.90 Å². The van der Waals surface area contributed by atoms with Crippen molar-refractivity contribution >= 4 is 28.5 Å². The van der Waals surface area contributed by atoms with Crippen molar-refractivity contribution in [3.8, 4) is 0 Å². The number of aromatic nitrogens is 2. The predicted octanol–water partition coefficient (Wildman–Crippen LogP) is 3.98. The summed E-state index contributed by atoms with van der Waals surface area (Å²) in [6.07, 6.45) is 1.60. The number of hydrogen-bond acceptors (Lipinski definition) is 4. The lowest BCUT2D eigenvalue weighted by molar-refractivity contribution is 0.0785. The number of rotatable bonds is 8. The molecule has 4 rings (SSSR count). The lowest BCUT2D eigenvalue weighted by atomic mass is 10.1. The topological polar surface area (TPSA) is 91.2 Å². The number of carbonyl (C=O) groups excluding carboxylic acids is 1. The summed E-state index contributed by atoms with van der Waals surface area (Å²) in [7, 11) is 7.86. The number of nitrogens with one attached hydrogen (secondary N) is 1. The molecule has 1 heterocycles. The van der Waals surface area contributed by atoms with E-state index in [1.807, 2.05) is 70.7 Å². The van der Waals surface area contributed by atoms with Crippen molar-refractivity contribution in [1.82, 2.24) is 14.5 Å². The van der Waals surface area contributed by atoms with Gasteiger partial charge in [-0.15, -0.1) is 0 Å². The van der Waals surface area contributed by atoms with Crippen LogP contribution in [0.4, 0.5) is 5.69 Å². The molecule has 0 aliphatic heterocycles. The van der Waals surface area contributed by atoms with E-state index in [9.17, 15) is 4.79 Å². The van der Waals surface area contributed by atoms with Crippen molar-refractivity contribution in [2.75, 3.05) is 26.0 Å². The highest BCUT2D eigenvalue weighted by Crippen LogP contribution is 2.20. The molecule has 0 aliphatic rings. The van der Waals surface area contributed by atoms with Crippen LogP contribution in [0.1, 0.15) is 32.9 Å². The van der Waals surface area contributed by atoms with Crippen LogP contribution in [0.15, 0.2) is 66.7 Å². The summed E-state index contributed by atoms with van der Waals surface area (Å²) in [6, 6.07) is 21.7. The highest BCUT2D eigenvalue weighted by Gasteiger charge is 2.15. The Morgan fingerprint density at radius 1 is 0.914 bits per heavy atom. The zero-order valence-electron chi connectivity index (χ0n) is 20.7. The van der Waals surface area contributed by atoms with Crippen LogP contribution in [-0.2, 0) is 26.4 Å². The van der Waals surface area contributed by atoms with Gasteiger partial charge in [-0.25, -0.2) is 4.98 Å². The SMILES string of the molecule is CN(Cc1ccc(N(C)C)cc1)C(=O)c1ccc2c(c1)nc(CCc1ccc(C(=N)N)cc1)n2C. The number of fused-ring (bicyclic) bond motifs is 1. The largest absolute Gasteiger partial charge is 0.384 e. The van der Waals surface area contributed by atoms with Crippen LogP contribution in [0, 0.1) is 5.41 Å². The van der Waals surface area contributed by atoms with E-state index in [0.717, 1.165) is 52.1 Å². The third-order valence-electron chi connectivity index (χ3n) is 6.34. The summed E-state index contributed by atoms with van der Waals surface area (Å²) in [5.41, 5.74) is 12.1. The van der Waals surface area contributed by atoms with Crippen LogP contribution >= 0.6 is 0 Å². The molecular formula is C28H32N6O. The molecule has 7 heteroatoms. The Labute approximate surface area is 206 Å². The van der Waals surface area contributed by atoms with Crippen molar-refractivity contribution in [2.45, 2.75) is 19.4 Å². The summed E-state index contributed by atoms with van der Waals surface area (Å²) in [4.78, 5) is 21.7. The van der Waals surface area contributed by atoms with E-state index >= 15 is 0 Å². The monoisotopic (exact) mass is 468 g/mol. The fourth-order valence-electron chi connectivity index (χ4n) is 4.18. The van der Waals surface area contributed by atoms with Gasteiger partial charge in [0.25, 0.3) is 5.91 Å². The average Bonchev–Trinajstić information content (AvgIpc) is 3.17. The van der Waals surface area contributed by atoms with Gasteiger partial charge < -0.3 is 20.1 Å². The third kappa shape index (κ3) is 5.35. The van der Waals surface area contributed by atoms with Crippen LogP contribution in [0.2, 0.25) is 0 Å². The number of imidazole rings is 1. The highest BCUT2D eigenvalue weighted by molar-refractivity contribution is 5.97. The summed E-state index contributed by atoms with van der Waals surface area (Å²) >= 11 is 0. The summed E-state index contributed by atoms with van der Waals surface area (Å²) in [5.74, 6) is 1.01. The molecule has 1 amide bonds. The minimum atomic E-state index is -0.0265. The number of anilines is 1. The molecule has 180 valence electrons. The summed E-state index contributed by atoms with van der Waals surface area (Å²) in [5, 5.41) is 7.52. The van der Waals surface area contributed by atoms with Crippen molar-refractivity contribution < 1.29 is 4.79 Å². The summed E-state index contributed by atoms with van der Waals surface area (Å²) < 4.78 is 2.09. The van der Waals surface area contributed by atoms with Crippen LogP contribution in [-0.4, -0.2) is 47.3 Å². The quantitative estimate of drug-likeness (QED) is 0.302. The van der Waals surface area contributed by atoms with Gasteiger partial charge in [0.1, 0.15) is 11.7 Å². The van der Waals surface area contributed by atoms with Crippen molar-refractivity contribution in [2.24, 2.45) is 12.8 Å². The lowest BCUT2D eigenvalue weighted by Gasteiger charge is -2.18. The maximum Gasteiger partial charge on any atom is 0.253 e.